The average Bonchev–Trinajstić information content (AvgIpc) is 2.75. The number of benzene rings is 4. The van der Waals surface area contributed by atoms with Crippen LogP contribution < -0.4 is 0 Å². The summed E-state index contributed by atoms with van der Waals surface area (Å²) in [4.78, 5) is 0. The Balaban J connectivity index is 0.000000226. The molecular formula is C30H30Br2Si2. The van der Waals surface area contributed by atoms with Gasteiger partial charge in [0.05, 0.1) is 0 Å². The Kier molecular flexibility index (Phi) is 8.66. The van der Waals surface area contributed by atoms with Crippen molar-refractivity contribution < 1.29 is 0 Å². The van der Waals surface area contributed by atoms with Crippen molar-refractivity contribution in [2.24, 2.45) is 0 Å². The third-order valence-corrected chi connectivity index (χ3v) is 7.50. The lowest BCUT2D eigenvalue weighted by Crippen LogP contribution is -2.16. The minimum absolute atomic E-state index is 1.10. The molecule has 4 aromatic carbocycles. The molecule has 0 saturated heterocycles. The van der Waals surface area contributed by atoms with Gasteiger partial charge in [-0.1, -0.05) is 107 Å². The molecule has 34 heavy (non-hydrogen) atoms. The topological polar surface area (TPSA) is 0 Å². The number of fused-ring (bicyclic) bond motifs is 2. The summed E-state index contributed by atoms with van der Waals surface area (Å²) in [5.74, 6) is 6.67. The summed E-state index contributed by atoms with van der Waals surface area (Å²) in [5.41, 5.74) is 9.06. The van der Waals surface area contributed by atoms with Gasteiger partial charge in [0, 0.05) is 20.1 Å². The van der Waals surface area contributed by atoms with Crippen LogP contribution in [0.25, 0.3) is 21.5 Å². The first-order valence-electron chi connectivity index (χ1n) is 11.3. The molecule has 0 nitrogen and oxygen atoms in total. The van der Waals surface area contributed by atoms with Crippen molar-refractivity contribution in [2.45, 2.75) is 39.3 Å². The van der Waals surface area contributed by atoms with E-state index < -0.39 is 16.1 Å². The Labute approximate surface area is 223 Å². The second-order valence-electron chi connectivity index (χ2n) is 10.4. The zero-order valence-electron chi connectivity index (χ0n) is 20.7. The van der Waals surface area contributed by atoms with Gasteiger partial charge in [0.15, 0.2) is 0 Å². The molecular weight excluding hydrogens is 576 g/mol. The van der Waals surface area contributed by atoms with Gasteiger partial charge in [-0.05, 0) is 70.1 Å². The van der Waals surface area contributed by atoms with Crippen molar-refractivity contribution in [3.63, 3.8) is 0 Å². The van der Waals surface area contributed by atoms with Crippen molar-refractivity contribution in [1.82, 2.24) is 0 Å². The lowest BCUT2D eigenvalue weighted by molar-refractivity contribution is 1.66. The fourth-order valence-electron chi connectivity index (χ4n) is 3.11. The van der Waals surface area contributed by atoms with Gasteiger partial charge < -0.3 is 0 Å². The standard InChI is InChI=1S/C20H24Si2.C10H6Br2/c1-21(2,3)13-11-17-7-9-19-10-8-18(16-20(19)15-17)12-14-22(4,5)6;11-9-3-1-7-2-4-10(12)6-8(7)5-9/h7-10,15-16H,1-6H3;1-6H. The normalized spacial score (nSPS) is 11.1. The molecule has 172 valence electrons. The quantitative estimate of drug-likeness (QED) is 0.138. The van der Waals surface area contributed by atoms with Crippen LogP contribution in [0.5, 0.6) is 0 Å². The Morgan fingerprint density at radius 3 is 1.21 bits per heavy atom. The zero-order chi connectivity index (χ0) is 24.9. The van der Waals surface area contributed by atoms with Crippen LogP contribution in [0.15, 0.2) is 81.7 Å². The van der Waals surface area contributed by atoms with Gasteiger partial charge in [-0.15, -0.1) is 11.1 Å². The summed E-state index contributed by atoms with van der Waals surface area (Å²) < 4.78 is 2.24. The molecule has 0 fully saturated rings. The fraction of sp³-hybridized carbons (Fsp3) is 0.200. The van der Waals surface area contributed by atoms with Crippen molar-refractivity contribution in [1.29, 1.82) is 0 Å². The number of halogens is 2. The third-order valence-electron chi connectivity index (χ3n) is 4.77. The first kappa shape index (κ1) is 26.5. The van der Waals surface area contributed by atoms with Crippen LogP contribution in [0.2, 0.25) is 39.3 Å². The third kappa shape index (κ3) is 8.60. The highest BCUT2D eigenvalue weighted by Crippen LogP contribution is 2.23. The fourth-order valence-corrected chi connectivity index (χ4v) is 4.91. The summed E-state index contributed by atoms with van der Waals surface area (Å²) in [6, 6.07) is 25.4. The van der Waals surface area contributed by atoms with Crippen LogP contribution in [0.3, 0.4) is 0 Å². The van der Waals surface area contributed by atoms with Crippen LogP contribution in [-0.2, 0) is 0 Å². The highest BCUT2D eigenvalue weighted by Gasteiger charge is 2.08. The van der Waals surface area contributed by atoms with Crippen molar-refractivity contribution in [3.8, 4) is 22.9 Å². The molecule has 4 heteroatoms. The Morgan fingerprint density at radius 2 is 0.824 bits per heavy atom. The van der Waals surface area contributed by atoms with Gasteiger partial charge in [0.2, 0.25) is 0 Å². The monoisotopic (exact) mass is 604 g/mol. The molecule has 0 radical (unpaired) electrons. The molecule has 0 saturated carbocycles. The summed E-state index contributed by atoms with van der Waals surface area (Å²) in [7, 11) is -2.66. The first-order valence-corrected chi connectivity index (χ1v) is 19.9. The van der Waals surface area contributed by atoms with Gasteiger partial charge in [-0.3, -0.25) is 0 Å². The predicted octanol–water partition coefficient (Wildman–Crippen LogP) is 9.66. The smallest absolute Gasteiger partial charge is 0.127 e. The van der Waals surface area contributed by atoms with Gasteiger partial charge in [0.1, 0.15) is 16.1 Å². The molecule has 0 amide bonds. The lowest BCUT2D eigenvalue weighted by atomic mass is 10.0. The second kappa shape index (κ2) is 11.1. The maximum atomic E-state index is 3.44. The van der Waals surface area contributed by atoms with E-state index in [1.807, 2.05) is 0 Å². The van der Waals surface area contributed by atoms with Crippen molar-refractivity contribution in [3.05, 3.63) is 92.9 Å². The van der Waals surface area contributed by atoms with Crippen LogP contribution in [0.4, 0.5) is 0 Å². The van der Waals surface area contributed by atoms with E-state index in [9.17, 15) is 0 Å². The van der Waals surface area contributed by atoms with Gasteiger partial charge >= 0.3 is 0 Å². The molecule has 0 aromatic heterocycles. The van der Waals surface area contributed by atoms with E-state index in [1.54, 1.807) is 0 Å². The van der Waals surface area contributed by atoms with Crippen LogP contribution >= 0.6 is 31.9 Å². The molecule has 0 atom stereocenters. The minimum atomic E-state index is -1.33. The molecule has 0 aliphatic heterocycles. The number of rotatable bonds is 0. The Hall–Kier alpha value is -2.09. The van der Waals surface area contributed by atoms with E-state index in [0.717, 1.165) is 20.1 Å². The van der Waals surface area contributed by atoms with Crippen LogP contribution in [0, 0.1) is 22.9 Å². The Morgan fingerprint density at radius 1 is 0.471 bits per heavy atom. The zero-order valence-corrected chi connectivity index (χ0v) is 25.9. The number of hydrogen-bond acceptors (Lipinski definition) is 0. The lowest BCUT2D eigenvalue weighted by Gasteiger charge is -2.05. The average molecular weight is 607 g/mol. The molecule has 0 aliphatic rings. The maximum Gasteiger partial charge on any atom is 0.129 e. The number of hydrogen-bond donors (Lipinski definition) is 0. The highest BCUT2D eigenvalue weighted by molar-refractivity contribution is 9.10. The Bertz CT molecular complexity index is 1350. The molecule has 4 rings (SSSR count). The minimum Gasteiger partial charge on any atom is -0.127 e. The largest absolute Gasteiger partial charge is 0.129 e. The molecule has 0 N–H and O–H groups in total. The summed E-state index contributed by atoms with van der Waals surface area (Å²) >= 11 is 6.88. The van der Waals surface area contributed by atoms with E-state index >= 15 is 0 Å². The maximum absolute atomic E-state index is 3.44. The second-order valence-corrected chi connectivity index (χ2v) is 21.7. The highest BCUT2D eigenvalue weighted by atomic mass is 79.9. The van der Waals surface area contributed by atoms with Crippen molar-refractivity contribution in [2.75, 3.05) is 0 Å². The van der Waals surface area contributed by atoms with Gasteiger partial charge in [-0.2, -0.15) is 0 Å². The summed E-state index contributed by atoms with van der Waals surface area (Å²) in [6.07, 6.45) is 0. The van der Waals surface area contributed by atoms with E-state index in [1.165, 1.54) is 21.5 Å². The van der Waals surface area contributed by atoms with Crippen LogP contribution in [0.1, 0.15) is 11.1 Å². The summed E-state index contributed by atoms with van der Waals surface area (Å²) in [6.45, 7) is 13.6. The van der Waals surface area contributed by atoms with E-state index in [4.69, 9.17) is 0 Å². The van der Waals surface area contributed by atoms with Gasteiger partial charge in [0.25, 0.3) is 0 Å². The molecule has 0 unspecified atom stereocenters. The van der Waals surface area contributed by atoms with Crippen molar-refractivity contribution >= 4 is 69.6 Å². The molecule has 0 aliphatic carbocycles. The molecule has 0 spiro atoms. The molecule has 4 aromatic rings. The van der Waals surface area contributed by atoms with Crippen LogP contribution in [-0.4, -0.2) is 16.1 Å². The molecule has 0 bridgehead atoms. The molecule has 0 heterocycles. The predicted molar refractivity (Wildman–Crippen MR) is 164 cm³/mol. The van der Waals surface area contributed by atoms with Gasteiger partial charge in [-0.25, -0.2) is 0 Å². The van der Waals surface area contributed by atoms with E-state index in [-0.39, 0.29) is 0 Å². The van der Waals surface area contributed by atoms with E-state index in [2.05, 4.69) is 167 Å². The SMILES string of the molecule is Brc1ccc2ccc(Br)cc2c1.C[Si](C)(C)C#Cc1ccc2ccc(C#C[Si](C)(C)C)cc2c1. The van der Waals surface area contributed by atoms with E-state index in [0.29, 0.717) is 0 Å². The summed E-state index contributed by atoms with van der Waals surface area (Å²) in [5, 5.41) is 4.99. The first-order chi connectivity index (χ1) is 15.9.